The van der Waals surface area contributed by atoms with Gasteiger partial charge in [-0.15, -0.1) is 11.3 Å². The summed E-state index contributed by atoms with van der Waals surface area (Å²) in [5.41, 5.74) is 0. The molecule has 122 valence electrons. The predicted octanol–water partition coefficient (Wildman–Crippen LogP) is 3.74. The summed E-state index contributed by atoms with van der Waals surface area (Å²) < 4.78 is 14.6. The molecule has 23 heavy (non-hydrogen) atoms. The SMILES string of the molecule is O=C(c1cc2c(F)cccc2s1)N1CCN(C2CCCC2)CC1. The Morgan fingerprint density at radius 1 is 1.13 bits per heavy atom. The summed E-state index contributed by atoms with van der Waals surface area (Å²) in [7, 11) is 0. The number of benzene rings is 1. The average molecular weight is 332 g/mol. The molecule has 1 amide bonds. The zero-order valence-corrected chi connectivity index (χ0v) is 13.9. The highest BCUT2D eigenvalue weighted by atomic mass is 32.1. The van der Waals surface area contributed by atoms with Crippen LogP contribution in [0.15, 0.2) is 24.3 Å². The van der Waals surface area contributed by atoms with E-state index in [4.69, 9.17) is 0 Å². The molecule has 0 atom stereocenters. The van der Waals surface area contributed by atoms with Crippen molar-refractivity contribution in [2.45, 2.75) is 31.7 Å². The van der Waals surface area contributed by atoms with Gasteiger partial charge >= 0.3 is 0 Å². The van der Waals surface area contributed by atoms with Crippen molar-refractivity contribution in [2.75, 3.05) is 26.2 Å². The maximum atomic E-state index is 13.8. The Balaban J connectivity index is 1.45. The third-order valence-corrected chi connectivity index (χ3v) is 6.25. The first-order chi connectivity index (χ1) is 11.2. The first kappa shape index (κ1) is 15.1. The Hall–Kier alpha value is -1.46. The van der Waals surface area contributed by atoms with E-state index in [1.807, 2.05) is 11.0 Å². The second-order valence-electron chi connectivity index (χ2n) is 6.53. The van der Waals surface area contributed by atoms with Gasteiger partial charge in [0.05, 0.1) is 4.88 Å². The average Bonchev–Trinajstić information content (AvgIpc) is 3.24. The van der Waals surface area contributed by atoms with Crippen LogP contribution in [0.4, 0.5) is 4.39 Å². The van der Waals surface area contributed by atoms with Crippen molar-refractivity contribution in [3.8, 4) is 0 Å². The van der Waals surface area contributed by atoms with Gasteiger partial charge in [0.1, 0.15) is 5.82 Å². The lowest BCUT2D eigenvalue weighted by molar-refractivity contribution is 0.0578. The fourth-order valence-electron chi connectivity index (χ4n) is 3.85. The number of hydrogen-bond acceptors (Lipinski definition) is 3. The van der Waals surface area contributed by atoms with E-state index in [2.05, 4.69) is 4.90 Å². The Morgan fingerprint density at radius 3 is 2.57 bits per heavy atom. The number of hydrogen-bond donors (Lipinski definition) is 0. The van der Waals surface area contributed by atoms with Crippen molar-refractivity contribution in [3.63, 3.8) is 0 Å². The van der Waals surface area contributed by atoms with Crippen LogP contribution in [0.5, 0.6) is 0 Å². The Kier molecular flexibility index (Phi) is 4.07. The number of fused-ring (bicyclic) bond motifs is 1. The number of nitrogens with zero attached hydrogens (tertiary/aromatic N) is 2. The lowest BCUT2D eigenvalue weighted by Gasteiger charge is -2.37. The van der Waals surface area contributed by atoms with Crippen molar-refractivity contribution in [1.82, 2.24) is 9.80 Å². The molecule has 2 aliphatic rings. The highest BCUT2D eigenvalue weighted by molar-refractivity contribution is 7.20. The van der Waals surface area contributed by atoms with Crippen LogP contribution in [0.3, 0.4) is 0 Å². The number of piperazine rings is 1. The predicted molar refractivity (Wildman–Crippen MR) is 91.5 cm³/mol. The molecule has 3 nitrogen and oxygen atoms in total. The minimum absolute atomic E-state index is 0.0525. The first-order valence-corrected chi connectivity index (χ1v) is 9.25. The van der Waals surface area contributed by atoms with Gasteiger partial charge in [0.15, 0.2) is 0 Å². The van der Waals surface area contributed by atoms with Gasteiger partial charge in [0.25, 0.3) is 5.91 Å². The van der Waals surface area contributed by atoms with E-state index in [1.165, 1.54) is 43.1 Å². The summed E-state index contributed by atoms with van der Waals surface area (Å²) in [6.45, 7) is 3.50. The Bertz CT molecular complexity index is 715. The molecular weight excluding hydrogens is 311 g/mol. The van der Waals surface area contributed by atoms with Crippen molar-refractivity contribution < 1.29 is 9.18 Å². The largest absolute Gasteiger partial charge is 0.335 e. The summed E-state index contributed by atoms with van der Waals surface area (Å²) in [6, 6.07) is 7.46. The normalized spacial score (nSPS) is 20.5. The van der Waals surface area contributed by atoms with Crippen LogP contribution in [0.2, 0.25) is 0 Å². The van der Waals surface area contributed by atoms with Gasteiger partial charge in [-0.05, 0) is 31.0 Å². The summed E-state index contributed by atoms with van der Waals surface area (Å²) in [5.74, 6) is -0.194. The minimum Gasteiger partial charge on any atom is -0.335 e. The number of carbonyl (C=O) groups is 1. The van der Waals surface area contributed by atoms with Gasteiger partial charge in [-0.2, -0.15) is 0 Å². The van der Waals surface area contributed by atoms with E-state index in [0.717, 1.165) is 36.9 Å². The maximum absolute atomic E-state index is 13.8. The standard InChI is InChI=1S/C18H21FN2OS/c19-15-6-3-7-16-14(15)12-17(23-16)18(22)21-10-8-20(9-11-21)13-4-1-2-5-13/h3,6-7,12-13H,1-2,4-5,8-11H2. The van der Waals surface area contributed by atoms with E-state index in [9.17, 15) is 9.18 Å². The number of halogens is 1. The van der Waals surface area contributed by atoms with E-state index < -0.39 is 0 Å². The molecule has 4 rings (SSSR count). The molecule has 0 radical (unpaired) electrons. The lowest BCUT2D eigenvalue weighted by atomic mass is 10.1. The van der Waals surface area contributed by atoms with E-state index in [1.54, 1.807) is 12.1 Å². The van der Waals surface area contributed by atoms with Gasteiger partial charge in [-0.3, -0.25) is 9.69 Å². The molecule has 1 aromatic carbocycles. The summed E-state index contributed by atoms with van der Waals surface area (Å²) in [6.07, 6.45) is 5.31. The van der Waals surface area contributed by atoms with Crippen molar-refractivity contribution in [2.24, 2.45) is 0 Å². The fraction of sp³-hybridized carbons (Fsp3) is 0.500. The molecule has 1 aliphatic carbocycles. The summed E-state index contributed by atoms with van der Waals surface area (Å²) in [5, 5.41) is 0.561. The monoisotopic (exact) mass is 332 g/mol. The van der Waals surface area contributed by atoms with Crippen LogP contribution in [-0.2, 0) is 0 Å². The molecule has 1 aliphatic heterocycles. The number of carbonyl (C=O) groups excluding carboxylic acids is 1. The topological polar surface area (TPSA) is 23.6 Å². The molecule has 5 heteroatoms. The van der Waals surface area contributed by atoms with Gasteiger partial charge in [-0.1, -0.05) is 18.9 Å². The molecular formula is C18H21FN2OS. The number of thiophene rings is 1. The zero-order chi connectivity index (χ0) is 15.8. The molecule has 1 saturated heterocycles. The zero-order valence-electron chi connectivity index (χ0n) is 13.1. The van der Waals surface area contributed by atoms with Crippen molar-refractivity contribution in [1.29, 1.82) is 0 Å². The third-order valence-electron chi connectivity index (χ3n) is 5.16. The number of rotatable bonds is 2. The summed E-state index contributed by atoms with van der Waals surface area (Å²) >= 11 is 1.39. The minimum atomic E-state index is -0.246. The van der Waals surface area contributed by atoms with Crippen molar-refractivity contribution >= 4 is 27.3 Å². The molecule has 2 fully saturated rings. The van der Waals surface area contributed by atoms with Crippen LogP contribution in [0, 0.1) is 5.82 Å². The quantitative estimate of drug-likeness (QED) is 0.836. The smallest absolute Gasteiger partial charge is 0.264 e. The molecule has 2 heterocycles. The fourth-order valence-corrected chi connectivity index (χ4v) is 4.89. The Morgan fingerprint density at radius 2 is 1.87 bits per heavy atom. The molecule has 2 aromatic rings. The molecule has 0 unspecified atom stereocenters. The van der Waals surface area contributed by atoms with Crippen LogP contribution in [0.1, 0.15) is 35.4 Å². The van der Waals surface area contributed by atoms with E-state index in [-0.39, 0.29) is 11.7 Å². The van der Waals surface area contributed by atoms with Gasteiger partial charge in [0, 0.05) is 42.3 Å². The van der Waals surface area contributed by atoms with Gasteiger partial charge in [-0.25, -0.2) is 4.39 Å². The first-order valence-electron chi connectivity index (χ1n) is 8.44. The number of amides is 1. The highest BCUT2D eigenvalue weighted by Crippen LogP contribution is 2.29. The second-order valence-corrected chi connectivity index (χ2v) is 7.61. The van der Waals surface area contributed by atoms with Crippen molar-refractivity contribution in [3.05, 3.63) is 35.0 Å². The molecule has 0 bridgehead atoms. The van der Waals surface area contributed by atoms with Gasteiger partial charge < -0.3 is 4.90 Å². The van der Waals surface area contributed by atoms with Crippen LogP contribution >= 0.6 is 11.3 Å². The van der Waals surface area contributed by atoms with E-state index in [0.29, 0.717) is 10.3 Å². The van der Waals surface area contributed by atoms with Crippen LogP contribution in [0.25, 0.3) is 10.1 Å². The second kappa shape index (κ2) is 6.21. The summed E-state index contributed by atoms with van der Waals surface area (Å²) in [4.78, 5) is 17.8. The molecule has 0 N–H and O–H groups in total. The lowest BCUT2D eigenvalue weighted by Crippen LogP contribution is -2.51. The van der Waals surface area contributed by atoms with E-state index >= 15 is 0 Å². The van der Waals surface area contributed by atoms with Gasteiger partial charge in [0.2, 0.25) is 0 Å². The van der Waals surface area contributed by atoms with Crippen LogP contribution < -0.4 is 0 Å². The highest BCUT2D eigenvalue weighted by Gasteiger charge is 2.28. The third kappa shape index (κ3) is 2.88. The maximum Gasteiger partial charge on any atom is 0.264 e. The van der Waals surface area contributed by atoms with Crippen LogP contribution in [-0.4, -0.2) is 47.9 Å². The molecule has 1 aromatic heterocycles. The molecule has 0 spiro atoms. The molecule has 1 saturated carbocycles. The Labute approximate surface area is 139 Å².